The third kappa shape index (κ3) is 67.7. The first-order chi connectivity index (χ1) is 41.0. The molecule has 6 heteroatoms. The van der Waals surface area contributed by atoms with E-state index in [1.54, 1.807) is 0 Å². The zero-order chi connectivity index (χ0) is 59.9. The predicted molar refractivity (Wildman–Crippen MR) is 362 cm³/mol. The minimum Gasteiger partial charge on any atom is -0.462 e. The molecule has 0 aromatic rings. The van der Waals surface area contributed by atoms with Gasteiger partial charge >= 0.3 is 17.9 Å². The summed E-state index contributed by atoms with van der Waals surface area (Å²) in [5, 5.41) is 0. The summed E-state index contributed by atoms with van der Waals surface area (Å²) >= 11 is 0. The maximum absolute atomic E-state index is 13.0. The summed E-state index contributed by atoms with van der Waals surface area (Å²) in [6.45, 7) is 6.38. The van der Waals surface area contributed by atoms with Crippen molar-refractivity contribution in [3.8, 4) is 0 Å². The molecule has 0 aromatic heterocycles. The fourth-order valence-corrected chi connectivity index (χ4v) is 8.97. The standard InChI is InChI=1S/C77H124O6/c1-4-7-10-13-16-19-22-25-28-30-32-34-36-38-40-42-44-46-49-52-55-58-61-64-67-70-76(79)82-73-74(72-81-75(78)69-66-63-60-57-54-51-48-27-24-21-18-15-12-9-6-3)83-77(80)71-68-65-62-59-56-53-50-47-45-43-41-39-37-35-33-31-29-26-23-20-17-14-11-8-5-2/h7-8,10-11,16-17,19-20,25-29,32-35,38-41,44-48,74H,4-6,9,12-15,18,21-24,30-31,36-37,42-43,49-73H2,1-3H3/b10-7-,11-8-,19-16-,20-17-,28-25-,29-26-,34-32-,35-33-,40-38-,41-39-,46-44-,47-45-,48-27-. The molecule has 0 radical (unpaired) electrons. The van der Waals surface area contributed by atoms with Crippen LogP contribution < -0.4 is 0 Å². The molecule has 1 unspecified atom stereocenters. The lowest BCUT2D eigenvalue weighted by Gasteiger charge is -2.18. The van der Waals surface area contributed by atoms with Crippen molar-refractivity contribution in [1.82, 2.24) is 0 Å². The highest BCUT2D eigenvalue weighted by atomic mass is 16.6. The summed E-state index contributed by atoms with van der Waals surface area (Å²) in [6.07, 6.45) is 101. The van der Waals surface area contributed by atoms with Gasteiger partial charge < -0.3 is 14.2 Å². The van der Waals surface area contributed by atoms with E-state index >= 15 is 0 Å². The van der Waals surface area contributed by atoms with Crippen LogP contribution in [0.25, 0.3) is 0 Å². The minimum atomic E-state index is -0.806. The summed E-state index contributed by atoms with van der Waals surface area (Å²) in [7, 11) is 0. The molecule has 0 heterocycles. The van der Waals surface area contributed by atoms with E-state index in [1.165, 1.54) is 77.0 Å². The fourth-order valence-electron chi connectivity index (χ4n) is 8.97. The van der Waals surface area contributed by atoms with Gasteiger partial charge in [0.1, 0.15) is 13.2 Å². The van der Waals surface area contributed by atoms with Crippen LogP contribution in [0.3, 0.4) is 0 Å². The van der Waals surface area contributed by atoms with Crippen LogP contribution in [-0.4, -0.2) is 37.2 Å². The number of esters is 3. The minimum absolute atomic E-state index is 0.0989. The normalized spacial score (nSPS) is 13.1. The van der Waals surface area contributed by atoms with Crippen LogP contribution in [0.15, 0.2) is 158 Å². The van der Waals surface area contributed by atoms with Crippen molar-refractivity contribution in [2.75, 3.05) is 13.2 Å². The number of hydrogen-bond acceptors (Lipinski definition) is 6. The Balaban J connectivity index is 4.47. The Morgan fingerprint density at radius 1 is 0.253 bits per heavy atom. The van der Waals surface area contributed by atoms with E-state index in [4.69, 9.17) is 14.2 Å². The van der Waals surface area contributed by atoms with Gasteiger partial charge in [0.05, 0.1) is 0 Å². The van der Waals surface area contributed by atoms with Crippen LogP contribution in [-0.2, 0) is 28.6 Å². The highest BCUT2D eigenvalue weighted by molar-refractivity contribution is 5.71. The molecule has 0 aliphatic rings. The topological polar surface area (TPSA) is 78.9 Å². The van der Waals surface area contributed by atoms with E-state index in [-0.39, 0.29) is 31.1 Å². The summed E-state index contributed by atoms with van der Waals surface area (Å²) in [5.74, 6) is -0.935. The van der Waals surface area contributed by atoms with Crippen LogP contribution in [0.2, 0.25) is 0 Å². The zero-order valence-electron chi connectivity index (χ0n) is 53.7. The number of carbonyl (C=O) groups is 3. The zero-order valence-corrected chi connectivity index (χ0v) is 53.7. The second-order valence-electron chi connectivity index (χ2n) is 22.0. The van der Waals surface area contributed by atoms with Gasteiger partial charge in [-0.1, -0.05) is 281 Å². The molecule has 0 aromatic carbocycles. The maximum atomic E-state index is 13.0. The van der Waals surface area contributed by atoms with Crippen molar-refractivity contribution in [2.45, 2.75) is 297 Å². The molecule has 0 aliphatic carbocycles. The molecule has 0 bridgehead atoms. The summed E-state index contributed by atoms with van der Waals surface area (Å²) in [4.78, 5) is 38.4. The molecular weight excluding hydrogens is 1020 g/mol. The molecule has 0 aliphatic heterocycles. The molecule has 0 N–H and O–H groups in total. The first-order valence-corrected chi connectivity index (χ1v) is 34.0. The number of ether oxygens (including phenoxy) is 3. The van der Waals surface area contributed by atoms with Crippen LogP contribution in [0.1, 0.15) is 290 Å². The third-order valence-corrected chi connectivity index (χ3v) is 14.0. The first-order valence-electron chi connectivity index (χ1n) is 34.0. The summed E-state index contributed by atoms with van der Waals surface area (Å²) in [6, 6.07) is 0. The van der Waals surface area contributed by atoms with E-state index in [0.717, 1.165) is 173 Å². The fraction of sp³-hybridized carbons (Fsp3) is 0.623. The highest BCUT2D eigenvalue weighted by Crippen LogP contribution is 2.15. The molecular formula is C77H124O6. The Hall–Kier alpha value is -4.97. The predicted octanol–water partition coefficient (Wildman–Crippen LogP) is 23.7. The van der Waals surface area contributed by atoms with E-state index in [2.05, 4.69) is 179 Å². The highest BCUT2D eigenvalue weighted by Gasteiger charge is 2.19. The lowest BCUT2D eigenvalue weighted by Crippen LogP contribution is -2.30. The van der Waals surface area contributed by atoms with Crippen molar-refractivity contribution in [2.24, 2.45) is 0 Å². The van der Waals surface area contributed by atoms with Gasteiger partial charge in [-0.2, -0.15) is 0 Å². The number of unbranched alkanes of at least 4 members (excludes halogenated alkanes) is 23. The van der Waals surface area contributed by atoms with Crippen LogP contribution in [0, 0.1) is 0 Å². The average molecular weight is 1150 g/mol. The van der Waals surface area contributed by atoms with Crippen molar-refractivity contribution in [3.63, 3.8) is 0 Å². The Kier molecular flexibility index (Phi) is 65.4. The monoisotopic (exact) mass is 1140 g/mol. The van der Waals surface area contributed by atoms with Gasteiger partial charge in [-0.25, -0.2) is 0 Å². The van der Waals surface area contributed by atoms with Gasteiger partial charge in [0, 0.05) is 19.3 Å². The van der Waals surface area contributed by atoms with Gasteiger partial charge in [0.25, 0.3) is 0 Å². The SMILES string of the molecule is CC/C=C\C/C=C\C/C=C\C/C=C\C/C=C\C/C=C\CCCCCCCCC(=O)OCC(COC(=O)CCCCCCC/C=C\CCCCCCCC)OC(=O)CCCCCCCC/C=C\C/C=C\C/C=C\C/C=C\C/C=C\C/C=C\CC. The Morgan fingerprint density at radius 2 is 0.470 bits per heavy atom. The molecule has 83 heavy (non-hydrogen) atoms. The van der Waals surface area contributed by atoms with Gasteiger partial charge in [0.15, 0.2) is 6.10 Å². The third-order valence-electron chi connectivity index (χ3n) is 14.0. The molecule has 0 saturated carbocycles. The lowest BCUT2D eigenvalue weighted by atomic mass is 10.1. The van der Waals surface area contributed by atoms with E-state index in [0.29, 0.717) is 19.3 Å². The Morgan fingerprint density at radius 3 is 0.747 bits per heavy atom. The molecule has 468 valence electrons. The second kappa shape index (κ2) is 69.5. The van der Waals surface area contributed by atoms with Crippen molar-refractivity contribution in [1.29, 1.82) is 0 Å². The quantitative estimate of drug-likeness (QED) is 0.0261. The maximum Gasteiger partial charge on any atom is 0.306 e. The first kappa shape index (κ1) is 78.0. The number of allylic oxidation sites excluding steroid dienone is 26. The summed E-state index contributed by atoms with van der Waals surface area (Å²) in [5.41, 5.74) is 0. The number of rotatable bonds is 60. The van der Waals surface area contributed by atoms with E-state index in [1.807, 2.05) is 0 Å². The van der Waals surface area contributed by atoms with Gasteiger partial charge in [-0.05, 0) is 148 Å². The van der Waals surface area contributed by atoms with Gasteiger partial charge in [-0.3, -0.25) is 14.4 Å². The molecule has 0 spiro atoms. The van der Waals surface area contributed by atoms with Crippen LogP contribution >= 0.6 is 0 Å². The molecule has 0 amide bonds. The molecule has 1 atom stereocenters. The van der Waals surface area contributed by atoms with Crippen molar-refractivity contribution < 1.29 is 28.6 Å². The van der Waals surface area contributed by atoms with Crippen molar-refractivity contribution in [3.05, 3.63) is 158 Å². The van der Waals surface area contributed by atoms with Gasteiger partial charge in [0.2, 0.25) is 0 Å². The van der Waals surface area contributed by atoms with E-state index in [9.17, 15) is 14.4 Å². The average Bonchev–Trinajstić information content (AvgIpc) is 3.49. The lowest BCUT2D eigenvalue weighted by molar-refractivity contribution is -0.167. The number of hydrogen-bond donors (Lipinski definition) is 0. The molecule has 0 fully saturated rings. The molecule has 0 rings (SSSR count). The largest absolute Gasteiger partial charge is 0.462 e. The Labute approximate surface area is 511 Å². The molecule has 6 nitrogen and oxygen atoms in total. The molecule has 0 saturated heterocycles. The van der Waals surface area contributed by atoms with Crippen LogP contribution in [0.4, 0.5) is 0 Å². The summed E-state index contributed by atoms with van der Waals surface area (Å²) < 4.78 is 16.9. The Bertz CT molecular complexity index is 1840. The van der Waals surface area contributed by atoms with Crippen molar-refractivity contribution >= 4 is 17.9 Å². The second-order valence-corrected chi connectivity index (χ2v) is 22.0. The number of carbonyl (C=O) groups excluding carboxylic acids is 3. The van der Waals surface area contributed by atoms with E-state index < -0.39 is 6.10 Å². The smallest absolute Gasteiger partial charge is 0.306 e. The van der Waals surface area contributed by atoms with Gasteiger partial charge in [-0.15, -0.1) is 0 Å². The van der Waals surface area contributed by atoms with Crippen LogP contribution in [0.5, 0.6) is 0 Å².